The number of nitrogens with one attached hydrogen (secondary N) is 1. The van der Waals surface area contributed by atoms with E-state index in [4.69, 9.17) is 16.0 Å². The lowest BCUT2D eigenvalue weighted by Gasteiger charge is -2.18. The van der Waals surface area contributed by atoms with Crippen molar-refractivity contribution in [2.45, 2.75) is 31.1 Å². The Morgan fingerprint density at radius 1 is 1.03 bits per heavy atom. The number of nitrogens with zero attached hydrogens (tertiary/aromatic N) is 1. The molecule has 0 aliphatic rings. The van der Waals surface area contributed by atoms with Gasteiger partial charge < -0.3 is 9.73 Å². The lowest BCUT2D eigenvalue weighted by atomic mass is 9.87. The van der Waals surface area contributed by atoms with Crippen molar-refractivity contribution in [2.24, 2.45) is 0 Å². The summed E-state index contributed by atoms with van der Waals surface area (Å²) in [6.45, 7) is 6.56. The zero-order chi connectivity index (χ0) is 22.0. The maximum atomic E-state index is 12.3. The maximum absolute atomic E-state index is 12.3. The zero-order valence-electron chi connectivity index (χ0n) is 17.6. The number of thioether (sulfide) groups is 1. The number of carbonyl (C=O) groups is 1. The Balaban J connectivity index is 1.44. The fourth-order valence-electron chi connectivity index (χ4n) is 3.12. The highest BCUT2D eigenvalue weighted by Crippen LogP contribution is 2.29. The fourth-order valence-corrected chi connectivity index (χ4v) is 3.94. The SMILES string of the molecule is CC(C)(C)c1ccc(-c2nc3cc(NC(=O)CSc4ccc(Cl)cc4)ccc3o2)cc1. The van der Waals surface area contributed by atoms with Crippen LogP contribution in [0.2, 0.25) is 5.02 Å². The van der Waals surface area contributed by atoms with Gasteiger partial charge in [-0.25, -0.2) is 4.98 Å². The second-order valence-corrected chi connectivity index (χ2v) is 9.80. The molecule has 0 radical (unpaired) electrons. The standard InChI is InChI=1S/C25H23ClN2O2S/c1-25(2,3)17-6-4-16(5-7-17)24-28-21-14-19(10-13-22(21)30-24)27-23(29)15-31-20-11-8-18(26)9-12-20/h4-14H,15H2,1-3H3,(H,27,29). The Morgan fingerprint density at radius 2 is 1.74 bits per heavy atom. The molecule has 0 atom stereocenters. The number of benzene rings is 3. The first-order valence-electron chi connectivity index (χ1n) is 9.98. The molecule has 3 aromatic carbocycles. The number of hydrogen-bond donors (Lipinski definition) is 1. The molecule has 31 heavy (non-hydrogen) atoms. The summed E-state index contributed by atoms with van der Waals surface area (Å²) in [5, 5.41) is 3.60. The number of rotatable bonds is 5. The average Bonchev–Trinajstić information content (AvgIpc) is 3.16. The van der Waals surface area contributed by atoms with E-state index in [9.17, 15) is 4.79 Å². The van der Waals surface area contributed by atoms with Crippen molar-refractivity contribution >= 4 is 46.1 Å². The van der Waals surface area contributed by atoms with Gasteiger partial charge in [0.05, 0.1) is 5.75 Å². The summed E-state index contributed by atoms with van der Waals surface area (Å²) in [6.07, 6.45) is 0. The van der Waals surface area contributed by atoms with Crippen molar-refractivity contribution in [3.8, 4) is 11.5 Å². The Hall–Kier alpha value is -2.76. The largest absolute Gasteiger partial charge is 0.436 e. The van der Waals surface area contributed by atoms with E-state index in [1.807, 2.05) is 54.6 Å². The molecule has 0 aliphatic carbocycles. The van der Waals surface area contributed by atoms with Gasteiger partial charge in [0.1, 0.15) is 5.52 Å². The molecule has 0 aliphatic heterocycles. The van der Waals surface area contributed by atoms with Crippen LogP contribution in [0.5, 0.6) is 0 Å². The van der Waals surface area contributed by atoms with Crippen LogP contribution in [0.3, 0.4) is 0 Å². The number of aromatic nitrogens is 1. The second-order valence-electron chi connectivity index (χ2n) is 8.32. The lowest BCUT2D eigenvalue weighted by molar-refractivity contribution is -0.113. The molecule has 0 spiro atoms. The van der Waals surface area contributed by atoms with E-state index in [-0.39, 0.29) is 11.3 Å². The van der Waals surface area contributed by atoms with Gasteiger partial charge >= 0.3 is 0 Å². The highest BCUT2D eigenvalue weighted by Gasteiger charge is 2.15. The molecule has 1 N–H and O–H groups in total. The van der Waals surface area contributed by atoms with E-state index in [0.29, 0.717) is 33.5 Å². The smallest absolute Gasteiger partial charge is 0.234 e. The predicted molar refractivity (Wildman–Crippen MR) is 129 cm³/mol. The summed E-state index contributed by atoms with van der Waals surface area (Å²) in [5.41, 5.74) is 4.36. The van der Waals surface area contributed by atoms with Crippen LogP contribution in [-0.4, -0.2) is 16.6 Å². The number of oxazole rings is 1. The third-order valence-corrected chi connectivity index (χ3v) is 6.12. The Kier molecular flexibility index (Phi) is 6.08. The number of halogens is 1. The van der Waals surface area contributed by atoms with Gasteiger partial charge in [0.2, 0.25) is 11.8 Å². The van der Waals surface area contributed by atoms with Crippen molar-refractivity contribution in [1.29, 1.82) is 0 Å². The quantitative estimate of drug-likeness (QED) is 0.327. The minimum atomic E-state index is -0.0826. The Morgan fingerprint density at radius 3 is 2.42 bits per heavy atom. The monoisotopic (exact) mass is 450 g/mol. The van der Waals surface area contributed by atoms with Crippen LogP contribution in [-0.2, 0) is 10.2 Å². The molecular formula is C25H23ClN2O2S. The maximum Gasteiger partial charge on any atom is 0.234 e. The van der Waals surface area contributed by atoms with Crippen molar-refractivity contribution in [1.82, 2.24) is 4.98 Å². The van der Waals surface area contributed by atoms with Crippen LogP contribution in [0.1, 0.15) is 26.3 Å². The van der Waals surface area contributed by atoms with Gasteiger partial charge in [-0.2, -0.15) is 0 Å². The zero-order valence-corrected chi connectivity index (χ0v) is 19.2. The third-order valence-electron chi connectivity index (χ3n) is 4.85. The number of amides is 1. The number of anilines is 1. The fraction of sp³-hybridized carbons (Fsp3) is 0.200. The highest BCUT2D eigenvalue weighted by molar-refractivity contribution is 8.00. The molecule has 0 bridgehead atoms. The molecule has 0 unspecified atom stereocenters. The van der Waals surface area contributed by atoms with Crippen molar-refractivity contribution in [3.63, 3.8) is 0 Å². The summed E-state index contributed by atoms with van der Waals surface area (Å²) in [7, 11) is 0. The topological polar surface area (TPSA) is 55.1 Å². The molecule has 4 rings (SSSR count). The second kappa shape index (κ2) is 8.77. The Bertz CT molecular complexity index is 1210. The van der Waals surface area contributed by atoms with Crippen molar-refractivity contribution in [2.75, 3.05) is 11.1 Å². The van der Waals surface area contributed by atoms with Gasteiger partial charge in [-0.05, 0) is 65.6 Å². The van der Waals surface area contributed by atoms with E-state index < -0.39 is 0 Å². The van der Waals surface area contributed by atoms with E-state index >= 15 is 0 Å². The summed E-state index contributed by atoms with van der Waals surface area (Å²) in [5.74, 6) is 0.794. The predicted octanol–water partition coefficient (Wildman–Crippen LogP) is 7.18. The number of fused-ring (bicyclic) bond motifs is 1. The molecule has 4 aromatic rings. The lowest BCUT2D eigenvalue weighted by Crippen LogP contribution is -2.13. The molecule has 1 amide bonds. The van der Waals surface area contributed by atoms with E-state index in [2.05, 4.69) is 43.2 Å². The molecule has 4 nitrogen and oxygen atoms in total. The summed E-state index contributed by atoms with van der Waals surface area (Å²) < 4.78 is 5.92. The van der Waals surface area contributed by atoms with Crippen molar-refractivity contribution in [3.05, 3.63) is 77.3 Å². The minimum Gasteiger partial charge on any atom is -0.436 e. The highest BCUT2D eigenvalue weighted by atomic mass is 35.5. The third kappa shape index (κ3) is 5.30. The first-order valence-corrected chi connectivity index (χ1v) is 11.3. The first-order chi connectivity index (χ1) is 14.8. The van der Waals surface area contributed by atoms with E-state index in [1.54, 1.807) is 0 Å². The van der Waals surface area contributed by atoms with Gasteiger partial charge in [-0.1, -0.05) is 44.5 Å². The van der Waals surface area contributed by atoms with Crippen LogP contribution in [0, 0.1) is 0 Å². The van der Waals surface area contributed by atoms with E-state index in [1.165, 1.54) is 17.3 Å². The molecule has 1 aromatic heterocycles. The van der Waals surface area contributed by atoms with Crippen LogP contribution < -0.4 is 5.32 Å². The Labute approximate surface area is 191 Å². The van der Waals surface area contributed by atoms with Gasteiger partial charge in [0.25, 0.3) is 0 Å². The summed E-state index contributed by atoms with van der Waals surface area (Å²) in [4.78, 5) is 17.9. The number of hydrogen-bond acceptors (Lipinski definition) is 4. The van der Waals surface area contributed by atoms with Crippen LogP contribution in [0.25, 0.3) is 22.6 Å². The molecule has 158 valence electrons. The van der Waals surface area contributed by atoms with Gasteiger partial charge in [-0.15, -0.1) is 11.8 Å². The molecule has 6 heteroatoms. The van der Waals surface area contributed by atoms with Crippen LogP contribution >= 0.6 is 23.4 Å². The normalized spacial score (nSPS) is 11.6. The van der Waals surface area contributed by atoms with Crippen LogP contribution in [0.4, 0.5) is 5.69 Å². The first kappa shape index (κ1) is 21.5. The van der Waals surface area contributed by atoms with E-state index in [0.717, 1.165) is 10.5 Å². The molecular weight excluding hydrogens is 428 g/mol. The summed E-state index contributed by atoms with van der Waals surface area (Å²) in [6, 6.07) is 21.2. The summed E-state index contributed by atoms with van der Waals surface area (Å²) >= 11 is 7.35. The number of carbonyl (C=O) groups excluding carboxylic acids is 1. The van der Waals surface area contributed by atoms with Gasteiger partial charge in [0, 0.05) is 21.2 Å². The molecule has 0 fully saturated rings. The minimum absolute atomic E-state index is 0.0826. The van der Waals surface area contributed by atoms with Gasteiger partial charge in [-0.3, -0.25) is 4.79 Å². The molecule has 0 saturated carbocycles. The van der Waals surface area contributed by atoms with Gasteiger partial charge in [0.15, 0.2) is 5.58 Å². The molecule has 0 saturated heterocycles. The average molecular weight is 451 g/mol. The van der Waals surface area contributed by atoms with Crippen LogP contribution in [0.15, 0.2) is 76.0 Å². The van der Waals surface area contributed by atoms with Crippen molar-refractivity contribution < 1.29 is 9.21 Å². The molecule has 1 heterocycles.